The molecule has 4 atom stereocenters. The topological polar surface area (TPSA) is 124 Å². The molecule has 9 heteroatoms. The van der Waals surface area contributed by atoms with Crippen molar-refractivity contribution in [3.8, 4) is 0 Å². The first-order valence-corrected chi connectivity index (χ1v) is 9.31. The Morgan fingerprint density at radius 3 is 2.41 bits per heavy atom. The van der Waals surface area contributed by atoms with E-state index in [1.165, 1.54) is 16.7 Å². The number of fused-ring (bicyclic) bond motifs is 1. The fraction of sp³-hybridized carbons (Fsp3) is 0.444. The number of aliphatic carboxylic acids is 2. The molecule has 2 fully saturated rings. The van der Waals surface area contributed by atoms with Gasteiger partial charge in [0, 0.05) is 4.75 Å². The summed E-state index contributed by atoms with van der Waals surface area (Å²) in [4.78, 5) is 49.3. The van der Waals surface area contributed by atoms with Gasteiger partial charge in [-0.05, 0) is 19.4 Å². The van der Waals surface area contributed by atoms with Crippen LogP contribution in [0.25, 0.3) is 0 Å². The van der Waals surface area contributed by atoms with Crippen molar-refractivity contribution in [2.45, 2.75) is 48.4 Å². The standard InChI is InChI=1S/C18H20N2O6S/c1-18(2)10(8-11(21)22)20-15(24)13(16(20)27-18)19-14(23)12(17(25)26)9-6-4-3-5-7-9/h3-7,10,12-13,16H,8H2,1-2H3,(H,19,23)(H,21,22)(H,25,26)/t10-,12?,13+,16+/m0/s1. The Bertz CT molecular complexity index is 796. The summed E-state index contributed by atoms with van der Waals surface area (Å²) in [6, 6.07) is 6.75. The maximum atomic E-state index is 12.6. The summed E-state index contributed by atoms with van der Waals surface area (Å²) in [7, 11) is 0. The summed E-state index contributed by atoms with van der Waals surface area (Å²) >= 11 is 1.42. The number of carboxylic acid groups (broad SMARTS) is 2. The fourth-order valence-electron chi connectivity index (χ4n) is 3.60. The van der Waals surface area contributed by atoms with Gasteiger partial charge in [-0.15, -0.1) is 11.8 Å². The minimum absolute atomic E-state index is 0.176. The summed E-state index contributed by atoms with van der Waals surface area (Å²) in [5.41, 5.74) is 0.328. The van der Waals surface area contributed by atoms with E-state index in [4.69, 9.17) is 5.11 Å². The molecule has 1 unspecified atom stereocenters. The minimum atomic E-state index is -1.41. The van der Waals surface area contributed by atoms with Gasteiger partial charge in [-0.1, -0.05) is 30.3 Å². The molecular formula is C18H20N2O6S. The molecule has 0 aliphatic carbocycles. The average Bonchev–Trinajstić information content (AvgIpc) is 2.81. The summed E-state index contributed by atoms with van der Waals surface area (Å²) in [6.45, 7) is 3.72. The zero-order valence-electron chi connectivity index (χ0n) is 14.8. The summed E-state index contributed by atoms with van der Waals surface area (Å²) in [6.07, 6.45) is -0.176. The third-order valence-corrected chi connectivity index (χ3v) is 6.57. The molecule has 2 amide bonds. The molecule has 2 aliphatic heterocycles. The highest BCUT2D eigenvalue weighted by atomic mass is 32.2. The molecule has 0 radical (unpaired) electrons. The summed E-state index contributed by atoms with van der Waals surface area (Å²) in [5, 5.41) is 20.7. The van der Waals surface area contributed by atoms with Crippen LogP contribution >= 0.6 is 11.8 Å². The number of amides is 2. The number of benzene rings is 1. The van der Waals surface area contributed by atoms with E-state index in [0.29, 0.717) is 5.56 Å². The van der Waals surface area contributed by atoms with Crippen LogP contribution in [-0.4, -0.2) is 61.1 Å². The maximum absolute atomic E-state index is 12.6. The zero-order chi connectivity index (χ0) is 19.9. The molecular weight excluding hydrogens is 372 g/mol. The van der Waals surface area contributed by atoms with Crippen LogP contribution in [0.3, 0.4) is 0 Å². The van der Waals surface area contributed by atoms with Crippen molar-refractivity contribution in [3.05, 3.63) is 35.9 Å². The predicted octanol–water partition coefficient (Wildman–Crippen LogP) is 0.877. The van der Waals surface area contributed by atoms with Gasteiger partial charge >= 0.3 is 11.9 Å². The number of carboxylic acids is 2. The lowest BCUT2D eigenvalue weighted by Crippen LogP contribution is -2.70. The minimum Gasteiger partial charge on any atom is -0.481 e. The molecule has 2 saturated heterocycles. The van der Waals surface area contributed by atoms with E-state index in [0.717, 1.165) is 0 Å². The van der Waals surface area contributed by atoms with Gasteiger partial charge in [0.1, 0.15) is 11.4 Å². The van der Waals surface area contributed by atoms with E-state index in [9.17, 15) is 24.3 Å². The number of rotatable bonds is 6. The van der Waals surface area contributed by atoms with Crippen molar-refractivity contribution in [1.29, 1.82) is 0 Å². The Morgan fingerprint density at radius 2 is 1.85 bits per heavy atom. The van der Waals surface area contributed by atoms with Crippen LogP contribution in [0.4, 0.5) is 0 Å². The first-order chi connectivity index (χ1) is 12.6. The van der Waals surface area contributed by atoms with Gasteiger partial charge in [0.05, 0.1) is 12.5 Å². The predicted molar refractivity (Wildman–Crippen MR) is 97.1 cm³/mol. The van der Waals surface area contributed by atoms with Crippen molar-refractivity contribution in [1.82, 2.24) is 10.2 Å². The third-order valence-electron chi connectivity index (χ3n) is 4.95. The van der Waals surface area contributed by atoms with Crippen molar-refractivity contribution >= 4 is 35.5 Å². The third kappa shape index (κ3) is 3.39. The molecule has 8 nitrogen and oxygen atoms in total. The van der Waals surface area contributed by atoms with Crippen LogP contribution in [0.5, 0.6) is 0 Å². The number of thioether (sulfide) groups is 1. The molecule has 1 aromatic carbocycles. The Balaban J connectivity index is 1.75. The lowest BCUT2D eigenvalue weighted by atomic mass is 9.92. The van der Waals surface area contributed by atoms with Gasteiger partial charge in [0.15, 0.2) is 5.92 Å². The van der Waals surface area contributed by atoms with Crippen LogP contribution in [0, 0.1) is 0 Å². The van der Waals surface area contributed by atoms with Gasteiger partial charge in [-0.3, -0.25) is 19.2 Å². The van der Waals surface area contributed by atoms with Crippen molar-refractivity contribution in [2.24, 2.45) is 0 Å². The Hall–Kier alpha value is -2.55. The normalized spacial score (nSPS) is 26.7. The molecule has 144 valence electrons. The zero-order valence-corrected chi connectivity index (χ0v) is 15.6. The van der Waals surface area contributed by atoms with Crippen molar-refractivity contribution in [2.75, 3.05) is 0 Å². The lowest BCUT2D eigenvalue weighted by molar-refractivity contribution is -0.155. The molecule has 2 aliphatic rings. The van der Waals surface area contributed by atoms with Gasteiger partial charge in [-0.25, -0.2) is 0 Å². The quantitative estimate of drug-likeness (QED) is 0.485. The largest absolute Gasteiger partial charge is 0.481 e. The number of nitrogens with zero attached hydrogens (tertiary/aromatic N) is 1. The molecule has 0 spiro atoms. The molecule has 3 N–H and O–H groups in total. The molecule has 0 saturated carbocycles. The van der Waals surface area contributed by atoms with Gasteiger partial charge in [-0.2, -0.15) is 0 Å². The van der Waals surface area contributed by atoms with Gasteiger partial charge in [0.2, 0.25) is 11.8 Å². The monoisotopic (exact) mass is 392 g/mol. The van der Waals surface area contributed by atoms with Crippen molar-refractivity contribution < 1.29 is 29.4 Å². The number of hydrogen-bond donors (Lipinski definition) is 3. The summed E-state index contributed by atoms with van der Waals surface area (Å²) < 4.78 is -0.482. The number of carbonyl (C=O) groups is 4. The molecule has 3 rings (SSSR count). The highest BCUT2D eigenvalue weighted by molar-refractivity contribution is 8.01. The molecule has 2 heterocycles. The Labute approximate surface area is 159 Å². The number of carbonyl (C=O) groups excluding carboxylic acids is 2. The van der Waals surface area contributed by atoms with Gasteiger partial charge < -0.3 is 20.4 Å². The first-order valence-electron chi connectivity index (χ1n) is 8.43. The second-order valence-electron chi connectivity index (χ2n) is 7.14. The van der Waals surface area contributed by atoms with E-state index in [1.54, 1.807) is 30.3 Å². The molecule has 0 bridgehead atoms. The number of β-lactam (4-membered cyclic amide) rings is 1. The summed E-state index contributed by atoms with van der Waals surface area (Å²) in [5.74, 6) is -4.85. The highest BCUT2D eigenvalue weighted by Gasteiger charge is 2.62. The lowest BCUT2D eigenvalue weighted by Gasteiger charge is -2.44. The van der Waals surface area contributed by atoms with Crippen LogP contribution in [0.15, 0.2) is 30.3 Å². The fourth-order valence-corrected chi connectivity index (χ4v) is 5.26. The van der Waals surface area contributed by atoms with Crippen LogP contribution < -0.4 is 5.32 Å². The molecule has 1 aromatic rings. The Morgan fingerprint density at radius 1 is 1.22 bits per heavy atom. The second kappa shape index (κ2) is 6.88. The van der Waals surface area contributed by atoms with E-state index in [2.05, 4.69) is 5.32 Å². The first kappa shape index (κ1) is 19.2. The average molecular weight is 392 g/mol. The van der Waals surface area contributed by atoms with E-state index in [-0.39, 0.29) is 12.3 Å². The van der Waals surface area contributed by atoms with E-state index in [1.807, 2.05) is 13.8 Å². The van der Waals surface area contributed by atoms with Crippen molar-refractivity contribution in [3.63, 3.8) is 0 Å². The van der Waals surface area contributed by atoms with Crippen LogP contribution in [-0.2, 0) is 19.2 Å². The number of hydrogen-bond acceptors (Lipinski definition) is 5. The van der Waals surface area contributed by atoms with Crippen LogP contribution in [0.1, 0.15) is 31.7 Å². The van der Waals surface area contributed by atoms with Crippen LogP contribution in [0.2, 0.25) is 0 Å². The Kier molecular flexibility index (Phi) is 4.90. The van der Waals surface area contributed by atoms with E-state index >= 15 is 0 Å². The highest BCUT2D eigenvalue weighted by Crippen LogP contribution is 2.51. The van der Waals surface area contributed by atoms with E-state index < -0.39 is 46.0 Å². The number of nitrogens with one attached hydrogen (secondary N) is 1. The SMILES string of the molecule is CC1(C)S[C@@H]2[C@H](NC(=O)C(C(=O)O)c3ccccc3)C(=O)N2[C@H]1CC(=O)O. The second-order valence-corrected chi connectivity index (χ2v) is 8.91. The maximum Gasteiger partial charge on any atom is 0.320 e. The smallest absolute Gasteiger partial charge is 0.320 e. The van der Waals surface area contributed by atoms with Gasteiger partial charge in [0.25, 0.3) is 0 Å². The molecule has 0 aromatic heterocycles. The molecule has 27 heavy (non-hydrogen) atoms.